The summed E-state index contributed by atoms with van der Waals surface area (Å²) in [6.45, 7) is 2.96. The molecule has 0 bridgehead atoms. The Kier molecular flexibility index (Phi) is 9.19. The lowest BCUT2D eigenvalue weighted by atomic mass is 10.0. The number of carbonyl (C=O) groups is 4. The van der Waals surface area contributed by atoms with Crippen LogP contribution in [-0.4, -0.2) is 64.6 Å². The lowest BCUT2D eigenvalue weighted by molar-refractivity contribution is -0.170. The van der Waals surface area contributed by atoms with Crippen molar-refractivity contribution in [2.24, 2.45) is 0 Å². The summed E-state index contributed by atoms with van der Waals surface area (Å²) in [5, 5.41) is 13.0. The monoisotopic (exact) mass is 496 g/mol. The van der Waals surface area contributed by atoms with Crippen molar-refractivity contribution in [1.82, 2.24) is 10.2 Å². The number of aliphatic hydroxyl groups is 1. The molecule has 2 N–H and O–H groups in total. The van der Waals surface area contributed by atoms with E-state index in [-0.39, 0.29) is 19.6 Å². The second kappa shape index (κ2) is 12.3. The first-order valence-electron chi connectivity index (χ1n) is 12.0. The van der Waals surface area contributed by atoms with Crippen LogP contribution in [0.15, 0.2) is 60.7 Å². The summed E-state index contributed by atoms with van der Waals surface area (Å²) in [4.78, 5) is 52.8. The molecule has 2 aromatic carbocycles. The van der Waals surface area contributed by atoms with E-state index >= 15 is 0 Å². The normalized spacial score (nSPS) is 17.5. The van der Waals surface area contributed by atoms with E-state index in [1.807, 2.05) is 36.4 Å². The van der Waals surface area contributed by atoms with E-state index in [0.29, 0.717) is 19.4 Å². The second-order valence-electron chi connectivity index (χ2n) is 8.79. The quantitative estimate of drug-likeness (QED) is 0.380. The van der Waals surface area contributed by atoms with Crippen molar-refractivity contribution >= 4 is 23.8 Å². The molecule has 3 rings (SSSR count). The topological polar surface area (TPSA) is 122 Å². The molecule has 1 aliphatic rings. The number of esters is 2. The Labute approximate surface area is 210 Å². The number of ether oxygens (including phenoxy) is 2. The Morgan fingerprint density at radius 2 is 1.64 bits per heavy atom. The predicted octanol–water partition coefficient (Wildman–Crippen LogP) is 1.76. The van der Waals surface area contributed by atoms with Gasteiger partial charge in [0.2, 0.25) is 11.5 Å². The molecule has 1 aliphatic heterocycles. The molecule has 0 aliphatic carbocycles. The summed E-state index contributed by atoms with van der Waals surface area (Å²) in [5.74, 6) is -3.19. The van der Waals surface area contributed by atoms with Gasteiger partial charge in [-0.15, -0.1) is 0 Å². The maximum atomic E-state index is 13.6. The number of hydrogen-bond donors (Lipinski definition) is 2. The minimum atomic E-state index is -2.48. The Morgan fingerprint density at radius 1 is 1.03 bits per heavy atom. The molecule has 1 saturated heterocycles. The lowest BCUT2D eigenvalue weighted by Crippen LogP contribution is -2.59. The minimum absolute atomic E-state index is 0.0187. The molecule has 0 saturated carbocycles. The molecule has 192 valence electrons. The first kappa shape index (κ1) is 26.9. The summed E-state index contributed by atoms with van der Waals surface area (Å²) in [7, 11) is 0. The summed E-state index contributed by atoms with van der Waals surface area (Å²) in [6, 6.07) is 16.3. The minimum Gasteiger partial charge on any atom is -0.463 e. The van der Waals surface area contributed by atoms with Gasteiger partial charge in [-0.2, -0.15) is 0 Å². The highest BCUT2D eigenvalue weighted by Crippen LogP contribution is 2.22. The number of amides is 2. The molecule has 2 aromatic rings. The zero-order valence-corrected chi connectivity index (χ0v) is 20.5. The maximum absolute atomic E-state index is 13.6. The summed E-state index contributed by atoms with van der Waals surface area (Å²) in [6.07, 6.45) is 1.14. The Bertz CT molecular complexity index is 1060. The molecular weight excluding hydrogens is 464 g/mol. The third kappa shape index (κ3) is 6.69. The molecule has 2 amide bonds. The van der Waals surface area contributed by atoms with Gasteiger partial charge in [0.1, 0.15) is 18.7 Å². The van der Waals surface area contributed by atoms with Crippen molar-refractivity contribution in [3.63, 3.8) is 0 Å². The van der Waals surface area contributed by atoms with Crippen LogP contribution in [0, 0.1) is 0 Å². The average Bonchev–Trinajstić information content (AvgIpc) is 3.38. The summed E-state index contributed by atoms with van der Waals surface area (Å²) in [5.41, 5.74) is -0.893. The van der Waals surface area contributed by atoms with Crippen LogP contribution in [0.3, 0.4) is 0 Å². The van der Waals surface area contributed by atoms with Crippen molar-refractivity contribution in [2.75, 3.05) is 13.2 Å². The number of rotatable bonds is 10. The van der Waals surface area contributed by atoms with Gasteiger partial charge in [0.15, 0.2) is 0 Å². The fourth-order valence-electron chi connectivity index (χ4n) is 4.01. The molecule has 1 heterocycles. The predicted molar refractivity (Wildman–Crippen MR) is 130 cm³/mol. The van der Waals surface area contributed by atoms with E-state index in [0.717, 1.165) is 18.1 Å². The fourth-order valence-corrected chi connectivity index (χ4v) is 4.01. The van der Waals surface area contributed by atoms with Gasteiger partial charge in [-0.25, -0.2) is 9.59 Å². The lowest BCUT2D eigenvalue weighted by Gasteiger charge is -2.30. The summed E-state index contributed by atoms with van der Waals surface area (Å²) < 4.78 is 10.3. The van der Waals surface area contributed by atoms with Crippen LogP contribution in [-0.2, 0) is 41.7 Å². The van der Waals surface area contributed by atoms with Gasteiger partial charge < -0.3 is 24.8 Å². The van der Waals surface area contributed by atoms with Gasteiger partial charge >= 0.3 is 11.9 Å². The van der Waals surface area contributed by atoms with Crippen LogP contribution in [0.25, 0.3) is 0 Å². The molecular formula is C27H32N2O7. The van der Waals surface area contributed by atoms with Crippen LogP contribution in [0.1, 0.15) is 37.8 Å². The maximum Gasteiger partial charge on any atom is 0.347 e. The highest BCUT2D eigenvalue weighted by Gasteiger charge is 2.44. The van der Waals surface area contributed by atoms with E-state index < -0.39 is 41.4 Å². The van der Waals surface area contributed by atoms with E-state index in [1.54, 1.807) is 31.2 Å². The average molecular weight is 497 g/mol. The van der Waals surface area contributed by atoms with E-state index in [2.05, 4.69) is 5.32 Å². The number of benzene rings is 2. The Morgan fingerprint density at radius 3 is 2.25 bits per heavy atom. The molecule has 9 nitrogen and oxygen atoms in total. The molecule has 9 heteroatoms. The molecule has 0 radical (unpaired) electrons. The third-order valence-electron chi connectivity index (χ3n) is 6.03. The zero-order valence-electron chi connectivity index (χ0n) is 20.5. The number of likely N-dealkylation sites (tertiary alicyclic amines) is 1. The van der Waals surface area contributed by atoms with Crippen molar-refractivity contribution in [2.45, 2.75) is 57.4 Å². The summed E-state index contributed by atoms with van der Waals surface area (Å²) >= 11 is 0. The van der Waals surface area contributed by atoms with Gasteiger partial charge in [0.05, 0.1) is 6.61 Å². The van der Waals surface area contributed by atoms with Crippen molar-refractivity contribution in [1.29, 1.82) is 0 Å². The van der Waals surface area contributed by atoms with Gasteiger partial charge in [-0.3, -0.25) is 9.59 Å². The van der Waals surface area contributed by atoms with Crippen molar-refractivity contribution in [3.8, 4) is 0 Å². The molecule has 0 aromatic heterocycles. The zero-order chi connectivity index (χ0) is 26.1. The molecule has 36 heavy (non-hydrogen) atoms. The fraction of sp³-hybridized carbons (Fsp3) is 0.407. The first-order chi connectivity index (χ1) is 17.2. The van der Waals surface area contributed by atoms with E-state index in [1.165, 1.54) is 4.90 Å². The van der Waals surface area contributed by atoms with Gasteiger partial charge in [0, 0.05) is 13.0 Å². The highest BCUT2D eigenvalue weighted by atomic mass is 16.6. The van der Waals surface area contributed by atoms with Gasteiger partial charge in [-0.05, 0) is 37.8 Å². The van der Waals surface area contributed by atoms with Gasteiger partial charge in [0.25, 0.3) is 5.91 Å². The van der Waals surface area contributed by atoms with Crippen LogP contribution in [0.2, 0.25) is 0 Å². The molecule has 3 atom stereocenters. The molecule has 1 fully saturated rings. The standard InChI is InChI=1S/C27H32N2O7/c1-3-35-26(33)27(2,34)25(32)28-21(17-19-11-6-4-7-12-19)23(30)29-16-10-15-22(29)24(31)36-18-20-13-8-5-9-14-20/h4-9,11-14,21-22,34H,3,10,15-18H2,1-2H3,(H,28,32)/t21-,22-,27+/m0/s1. The number of carbonyl (C=O) groups excluding carboxylic acids is 4. The van der Waals surface area contributed by atoms with Crippen molar-refractivity contribution < 1.29 is 33.8 Å². The second-order valence-corrected chi connectivity index (χ2v) is 8.79. The number of nitrogens with one attached hydrogen (secondary N) is 1. The molecule has 0 spiro atoms. The Balaban J connectivity index is 1.76. The number of nitrogens with zero attached hydrogens (tertiary/aromatic N) is 1. The van der Waals surface area contributed by atoms with Crippen molar-refractivity contribution in [3.05, 3.63) is 71.8 Å². The smallest absolute Gasteiger partial charge is 0.347 e. The first-order valence-corrected chi connectivity index (χ1v) is 12.0. The van der Waals surface area contributed by atoms with Crippen LogP contribution in [0.5, 0.6) is 0 Å². The van der Waals surface area contributed by atoms with Crippen LogP contribution < -0.4 is 5.32 Å². The highest BCUT2D eigenvalue weighted by molar-refractivity contribution is 6.06. The van der Waals surface area contributed by atoms with Crippen LogP contribution >= 0.6 is 0 Å². The van der Waals surface area contributed by atoms with E-state index in [9.17, 15) is 24.3 Å². The number of hydrogen-bond acceptors (Lipinski definition) is 7. The van der Waals surface area contributed by atoms with E-state index in [4.69, 9.17) is 9.47 Å². The molecule has 0 unspecified atom stereocenters. The third-order valence-corrected chi connectivity index (χ3v) is 6.03. The largest absolute Gasteiger partial charge is 0.463 e. The Hall–Kier alpha value is -3.72. The SMILES string of the molecule is CCOC(=O)[C@](C)(O)C(=O)N[C@@H](Cc1ccccc1)C(=O)N1CCC[C@H]1C(=O)OCc1ccccc1. The van der Waals surface area contributed by atoms with Crippen LogP contribution in [0.4, 0.5) is 0 Å². The van der Waals surface area contributed by atoms with Gasteiger partial charge in [-0.1, -0.05) is 60.7 Å².